The van der Waals surface area contributed by atoms with Crippen LogP contribution in [0.25, 0.3) is 0 Å². The van der Waals surface area contributed by atoms with Gasteiger partial charge in [0.15, 0.2) is 10.8 Å². The zero-order valence-corrected chi connectivity index (χ0v) is 14.0. The molecule has 0 radical (unpaired) electrons. The molecule has 2 bridgehead atoms. The second-order valence-electron chi connectivity index (χ2n) is 6.41. The van der Waals surface area contributed by atoms with E-state index < -0.39 is 0 Å². The number of ether oxygens (including phenoxy) is 1. The molecule has 0 aromatic heterocycles. The fourth-order valence-electron chi connectivity index (χ4n) is 3.59. The molecule has 1 fully saturated rings. The van der Waals surface area contributed by atoms with Crippen molar-refractivity contribution in [3.63, 3.8) is 0 Å². The third-order valence-electron chi connectivity index (χ3n) is 4.79. The number of fused-ring (bicyclic) bond motifs is 4. The lowest BCUT2D eigenvalue weighted by atomic mass is 9.90. The maximum Gasteiger partial charge on any atom is 0.184 e. The van der Waals surface area contributed by atoms with Crippen molar-refractivity contribution in [3.05, 3.63) is 65.7 Å². The normalized spacial score (nSPS) is 25.3. The molecule has 2 aliphatic heterocycles. The van der Waals surface area contributed by atoms with Crippen LogP contribution in [0.2, 0.25) is 0 Å². The summed E-state index contributed by atoms with van der Waals surface area (Å²) in [6.45, 7) is 3.00. The van der Waals surface area contributed by atoms with Crippen LogP contribution in [0.4, 0.5) is 0 Å². The van der Waals surface area contributed by atoms with Gasteiger partial charge in [0.25, 0.3) is 0 Å². The highest BCUT2D eigenvalue weighted by Gasteiger charge is 2.47. The van der Waals surface area contributed by atoms with Crippen LogP contribution in [0.1, 0.15) is 30.5 Å². The summed E-state index contributed by atoms with van der Waals surface area (Å²) < 4.78 is 6.36. The molecule has 118 valence electrons. The van der Waals surface area contributed by atoms with E-state index in [0.717, 1.165) is 30.2 Å². The topological polar surface area (TPSA) is 24.5 Å². The first-order valence-corrected chi connectivity index (χ1v) is 8.46. The van der Waals surface area contributed by atoms with E-state index in [-0.39, 0.29) is 11.8 Å². The quantitative estimate of drug-likeness (QED) is 0.871. The third kappa shape index (κ3) is 2.57. The average molecular weight is 324 g/mol. The van der Waals surface area contributed by atoms with Crippen molar-refractivity contribution in [3.8, 4) is 5.75 Å². The molecular formula is C19H20N2OS. The van der Waals surface area contributed by atoms with Crippen LogP contribution < -0.4 is 10.1 Å². The lowest BCUT2D eigenvalue weighted by Gasteiger charge is -2.52. The minimum Gasteiger partial charge on any atom is -0.468 e. The van der Waals surface area contributed by atoms with Crippen LogP contribution in [0, 0.1) is 0 Å². The number of benzene rings is 2. The minimum absolute atomic E-state index is 0.241. The van der Waals surface area contributed by atoms with E-state index in [9.17, 15) is 0 Å². The molecule has 2 aliphatic rings. The molecule has 0 unspecified atom stereocenters. The van der Waals surface area contributed by atoms with Gasteiger partial charge in [-0.05, 0) is 37.2 Å². The molecule has 4 heteroatoms. The van der Waals surface area contributed by atoms with Crippen molar-refractivity contribution >= 4 is 17.3 Å². The van der Waals surface area contributed by atoms with Crippen molar-refractivity contribution in [2.75, 3.05) is 6.54 Å². The van der Waals surface area contributed by atoms with Crippen molar-refractivity contribution in [2.24, 2.45) is 0 Å². The van der Waals surface area contributed by atoms with Crippen LogP contribution in [-0.2, 0) is 6.42 Å². The molecule has 2 atom stereocenters. The first-order valence-electron chi connectivity index (χ1n) is 8.06. The van der Waals surface area contributed by atoms with Gasteiger partial charge >= 0.3 is 0 Å². The van der Waals surface area contributed by atoms with E-state index >= 15 is 0 Å². The summed E-state index contributed by atoms with van der Waals surface area (Å²) in [6.07, 6.45) is 1.85. The number of para-hydroxylation sites is 1. The van der Waals surface area contributed by atoms with E-state index in [1.165, 1.54) is 11.1 Å². The average Bonchev–Trinajstić information content (AvgIpc) is 2.55. The number of nitrogens with zero attached hydrogens (tertiary/aromatic N) is 1. The largest absolute Gasteiger partial charge is 0.468 e. The van der Waals surface area contributed by atoms with Gasteiger partial charge in [0, 0.05) is 18.5 Å². The smallest absolute Gasteiger partial charge is 0.184 e. The summed E-state index contributed by atoms with van der Waals surface area (Å²) in [5.41, 5.74) is 2.14. The van der Waals surface area contributed by atoms with Crippen LogP contribution in [0.5, 0.6) is 5.75 Å². The number of thiocarbonyl (C=S) groups is 1. The van der Waals surface area contributed by atoms with Crippen LogP contribution in [0.3, 0.4) is 0 Å². The molecule has 3 nitrogen and oxygen atoms in total. The Morgan fingerprint density at radius 2 is 1.91 bits per heavy atom. The van der Waals surface area contributed by atoms with Gasteiger partial charge < -0.3 is 15.0 Å². The molecule has 2 heterocycles. The van der Waals surface area contributed by atoms with Crippen molar-refractivity contribution < 1.29 is 4.74 Å². The fraction of sp³-hybridized carbons (Fsp3) is 0.316. The minimum atomic E-state index is -0.379. The Morgan fingerprint density at radius 1 is 1.17 bits per heavy atom. The number of nitrogens with one attached hydrogen (secondary N) is 1. The lowest BCUT2D eigenvalue weighted by Crippen LogP contribution is -2.64. The van der Waals surface area contributed by atoms with E-state index in [1.54, 1.807) is 0 Å². The summed E-state index contributed by atoms with van der Waals surface area (Å²) in [4.78, 5) is 2.20. The SMILES string of the molecule is C[C@]12C[C@@H](NC(=S)N1CCc1ccccc1)c1ccccc1O2. The molecule has 0 aliphatic carbocycles. The molecular weight excluding hydrogens is 304 g/mol. The Morgan fingerprint density at radius 3 is 2.74 bits per heavy atom. The number of rotatable bonds is 3. The summed E-state index contributed by atoms with van der Waals surface area (Å²) in [7, 11) is 0. The second kappa shape index (κ2) is 5.53. The highest BCUT2D eigenvalue weighted by Crippen LogP contribution is 2.43. The van der Waals surface area contributed by atoms with Gasteiger partial charge in [-0.15, -0.1) is 0 Å². The maximum atomic E-state index is 6.36. The zero-order chi connectivity index (χ0) is 15.9. The zero-order valence-electron chi connectivity index (χ0n) is 13.2. The Labute approximate surface area is 142 Å². The van der Waals surface area contributed by atoms with Gasteiger partial charge in [-0.3, -0.25) is 0 Å². The molecule has 2 aromatic carbocycles. The van der Waals surface area contributed by atoms with Crippen LogP contribution >= 0.6 is 12.2 Å². The summed E-state index contributed by atoms with van der Waals surface area (Å²) in [5.74, 6) is 0.964. The van der Waals surface area contributed by atoms with Crippen LogP contribution in [0.15, 0.2) is 54.6 Å². The maximum absolute atomic E-state index is 6.36. The molecule has 0 amide bonds. The Bertz CT molecular complexity index is 733. The van der Waals surface area contributed by atoms with Gasteiger partial charge in [-0.1, -0.05) is 48.5 Å². The van der Waals surface area contributed by atoms with Gasteiger partial charge in [0.05, 0.1) is 6.04 Å². The van der Waals surface area contributed by atoms with E-state index in [2.05, 4.69) is 53.5 Å². The third-order valence-corrected chi connectivity index (χ3v) is 5.13. The standard InChI is InChI=1S/C19H20N2OS/c1-19-13-16(15-9-5-6-10-17(15)22-19)20-18(23)21(19)12-11-14-7-3-2-4-8-14/h2-10,16H,11-13H2,1H3,(H,20,23)/t16-,19+/m1/s1. The molecule has 1 N–H and O–H groups in total. The van der Waals surface area contributed by atoms with Crippen molar-refractivity contribution in [1.82, 2.24) is 10.2 Å². The number of hydrogen-bond donors (Lipinski definition) is 1. The molecule has 2 aromatic rings. The highest BCUT2D eigenvalue weighted by molar-refractivity contribution is 7.80. The first-order chi connectivity index (χ1) is 11.2. The predicted molar refractivity (Wildman–Crippen MR) is 95.4 cm³/mol. The van der Waals surface area contributed by atoms with E-state index in [0.29, 0.717) is 0 Å². The first kappa shape index (κ1) is 14.5. The van der Waals surface area contributed by atoms with Crippen molar-refractivity contribution in [2.45, 2.75) is 31.5 Å². The Balaban J connectivity index is 1.59. The van der Waals surface area contributed by atoms with Gasteiger partial charge in [-0.2, -0.15) is 0 Å². The van der Waals surface area contributed by atoms with Gasteiger partial charge in [-0.25, -0.2) is 0 Å². The summed E-state index contributed by atoms with van der Waals surface area (Å²) >= 11 is 5.63. The fourth-order valence-corrected chi connectivity index (χ4v) is 4.01. The molecule has 4 rings (SSSR count). The highest BCUT2D eigenvalue weighted by atomic mass is 32.1. The summed E-state index contributed by atoms with van der Waals surface area (Å²) in [5, 5.41) is 4.28. The molecule has 0 spiro atoms. The molecule has 0 saturated carbocycles. The van der Waals surface area contributed by atoms with Gasteiger partial charge in [0.1, 0.15) is 5.75 Å². The van der Waals surface area contributed by atoms with Gasteiger partial charge in [0.2, 0.25) is 0 Å². The molecule has 23 heavy (non-hydrogen) atoms. The lowest BCUT2D eigenvalue weighted by molar-refractivity contribution is -0.0676. The van der Waals surface area contributed by atoms with Crippen molar-refractivity contribution in [1.29, 1.82) is 0 Å². The Hall–Kier alpha value is -2.07. The number of hydrogen-bond acceptors (Lipinski definition) is 2. The predicted octanol–water partition coefficient (Wildman–Crippen LogP) is 3.66. The second-order valence-corrected chi connectivity index (χ2v) is 6.80. The van der Waals surface area contributed by atoms with Crippen LogP contribution in [-0.4, -0.2) is 22.3 Å². The summed E-state index contributed by atoms with van der Waals surface area (Å²) in [6, 6.07) is 19.0. The Kier molecular flexibility index (Phi) is 3.49. The van der Waals surface area contributed by atoms with E-state index in [1.807, 2.05) is 18.2 Å². The monoisotopic (exact) mass is 324 g/mol. The molecule has 1 saturated heterocycles. The van der Waals surface area contributed by atoms with E-state index in [4.69, 9.17) is 17.0 Å².